The Hall–Kier alpha value is -3.79. The molecule has 0 aromatic heterocycles. The lowest BCUT2D eigenvalue weighted by atomic mass is 9.68. The maximum atomic E-state index is 14.8. The Kier molecular flexibility index (Phi) is 9.75. The minimum Gasteiger partial charge on any atom is -0.481 e. The number of fused-ring (bicyclic) bond motifs is 1. The van der Waals surface area contributed by atoms with Crippen LogP contribution in [-0.2, 0) is 16.0 Å². The number of carbonyl (C=O) groups is 3. The van der Waals surface area contributed by atoms with Gasteiger partial charge in [0.25, 0.3) is 0 Å². The molecule has 41 heavy (non-hydrogen) atoms. The number of benzene rings is 3. The third-order valence-electron chi connectivity index (χ3n) is 7.29. The smallest absolute Gasteiger partial charge is 0.323 e. The van der Waals surface area contributed by atoms with Crippen molar-refractivity contribution in [2.24, 2.45) is 5.41 Å². The van der Waals surface area contributed by atoms with Crippen LogP contribution >= 0.6 is 11.6 Å². The van der Waals surface area contributed by atoms with Gasteiger partial charge in [0.1, 0.15) is 5.82 Å². The summed E-state index contributed by atoms with van der Waals surface area (Å²) in [4.78, 5) is 36.4. The number of nitrogens with one attached hydrogen (secondary N) is 2. The summed E-state index contributed by atoms with van der Waals surface area (Å²) in [6.07, 6.45) is 3.26. The van der Waals surface area contributed by atoms with Crippen molar-refractivity contribution in [3.8, 4) is 11.1 Å². The summed E-state index contributed by atoms with van der Waals surface area (Å²) >= 11 is 5.90. The molecule has 1 aliphatic carbocycles. The lowest BCUT2D eigenvalue weighted by Gasteiger charge is -2.34. The summed E-state index contributed by atoms with van der Waals surface area (Å²) in [5.41, 5.74) is 1.42. The average Bonchev–Trinajstić information content (AvgIpc) is 3.42. The van der Waals surface area contributed by atoms with E-state index in [9.17, 15) is 29.0 Å². The number of ether oxygens (including phenoxy) is 1. The third-order valence-corrected chi connectivity index (χ3v) is 7.52. The number of aryl methyl sites for hydroxylation is 1. The number of carbonyl (C=O) groups excluding carboxylic acids is 2. The van der Waals surface area contributed by atoms with Gasteiger partial charge in [0.05, 0.1) is 30.2 Å². The van der Waals surface area contributed by atoms with Gasteiger partial charge in [-0.2, -0.15) is 0 Å². The molecule has 0 radical (unpaired) electrons. The Morgan fingerprint density at radius 3 is 2.46 bits per heavy atom. The van der Waals surface area contributed by atoms with Crippen LogP contribution in [-0.4, -0.2) is 47.3 Å². The standard InChI is InChI=1S/C26H22ClFN2O5.C5H10O/c27-18-2-1-3-19(12-18)29-25(35)30-22-7-5-16(11-21(22)28)15-4-6-20-17(10-15)8-9-26(14-31,24(20)34)13-23(32)33;1-5-3-2-4-6-5/h1-7,10-12,31H,8-9,13-14H2,(H,32,33)(H2,29,30,35);5H,2-4H2,1H3. The largest absolute Gasteiger partial charge is 0.481 e. The van der Waals surface area contributed by atoms with Crippen LogP contribution in [0.4, 0.5) is 20.6 Å². The number of anilines is 2. The summed E-state index contributed by atoms with van der Waals surface area (Å²) in [6.45, 7) is 2.57. The van der Waals surface area contributed by atoms with Crippen molar-refractivity contribution in [1.82, 2.24) is 0 Å². The highest BCUT2D eigenvalue weighted by Crippen LogP contribution is 2.39. The van der Waals surface area contributed by atoms with Crippen molar-refractivity contribution in [3.63, 3.8) is 0 Å². The van der Waals surface area contributed by atoms with Gasteiger partial charge in [0, 0.05) is 22.9 Å². The summed E-state index contributed by atoms with van der Waals surface area (Å²) in [7, 11) is 0. The first-order valence-corrected chi connectivity index (χ1v) is 13.7. The second-order valence-electron chi connectivity index (χ2n) is 10.3. The number of carboxylic acids is 1. The summed E-state index contributed by atoms with van der Waals surface area (Å²) in [5, 5.41) is 24.4. The maximum absolute atomic E-state index is 14.8. The predicted molar refractivity (Wildman–Crippen MR) is 155 cm³/mol. The Labute approximate surface area is 242 Å². The molecule has 216 valence electrons. The number of urea groups is 1. The number of hydrogen-bond acceptors (Lipinski definition) is 5. The maximum Gasteiger partial charge on any atom is 0.323 e. The molecule has 3 aromatic rings. The molecule has 0 spiro atoms. The van der Waals surface area contributed by atoms with Crippen molar-refractivity contribution in [1.29, 1.82) is 0 Å². The van der Waals surface area contributed by atoms with Gasteiger partial charge in [-0.1, -0.05) is 41.9 Å². The molecule has 1 saturated heterocycles. The summed E-state index contributed by atoms with van der Waals surface area (Å²) in [6, 6.07) is 15.3. The molecular formula is C31H32ClFN2O6. The predicted octanol–water partition coefficient (Wildman–Crippen LogP) is 6.56. The molecule has 2 atom stereocenters. The number of amides is 2. The molecule has 2 aliphatic rings. The molecule has 0 bridgehead atoms. The van der Waals surface area contributed by atoms with Crippen molar-refractivity contribution >= 4 is 40.8 Å². The SMILES string of the molecule is CC1CCCO1.O=C(O)CC1(CO)CCc2cc(-c3ccc(NC(=O)Nc4cccc(Cl)c4)c(F)c3)ccc2C1=O. The van der Waals surface area contributed by atoms with Gasteiger partial charge in [-0.15, -0.1) is 0 Å². The van der Waals surface area contributed by atoms with Gasteiger partial charge >= 0.3 is 12.0 Å². The number of aliphatic carboxylic acids is 1. The van der Waals surface area contributed by atoms with E-state index in [1.165, 1.54) is 25.0 Å². The highest BCUT2D eigenvalue weighted by atomic mass is 35.5. The molecular weight excluding hydrogens is 551 g/mol. The molecule has 2 unspecified atom stereocenters. The van der Waals surface area contributed by atoms with E-state index in [4.69, 9.17) is 16.3 Å². The minimum atomic E-state index is -1.33. The van der Waals surface area contributed by atoms with E-state index in [-0.39, 0.29) is 12.1 Å². The fourth-order valence-electron chi connectivity index (χ4n) is 5.03. The van der Waals surface area contributed by atoms with E-state index in [2.05, 4.69) is 17.6 Å². The highest BCUT2D eigenvalue weighted by molar-refractivity contribution is 6.30. The van der Waals surface area contributed by atoms with Crippen LogP contribution in [0.5, 0.6) is 0 Å². The van der Waals surface area contributed by atoms with E-state index in [0.29, 0.717) is 45.5 Å². The fourth-order valence-corrected chi connectivity index (χ4v) is 5.22. The van der Waals surface area contributed by atoms with Gasteiger partial charge in [0.15, 0.2) is 5.78 Å². The van der Waals surface area contributed by atoms with E-state index in [1.807, 2.05) is 0 Å². The number of ketones is 1. The highest BCUT2D eigenvalue weighted by Gasteiger charge is 2.43. The van der Waals surface area contributed by atoms with Crippen LogP contribution in [0.25, 0.3) is 11.1 Å². The summed E-state index contributed by atoms with van der Waals surface area (Å²) < 4.78 is 19.9. The zero-order valence-electron chi connectivity index (χ0n) is 22.6. The average molecular weight is 583 g/mol. The third kappa shape index (κ3) is 7.49. The van der Waals surface area contributed by atoms with Crippen molar-refractivity contribution in [2.75, 3.05) is 23.8 Å². The molecule has 5 rings (SSSR count). The van der Waals surface area contributed by atoms with Crippen LogP contribution in [0.3, 0.4) is 0 Å². The van der Waals surface area contributed by atoms with E-state index < -0.39 is 42.0 Å². The van der Waals surface area contributed by atoms with E-state index in [0.717, 1.165) is 6.61 Å². The zero-order valence-corrected chi connectivity index (χ0v) is 23.3. The van der Waals surface area contributed by atoms with Crippen LogP contribution in [0.15, 0.2) is 60.7 Å². The lowest BCUT2D eigenvalue weighted by molar-refractivity contribution is -0.140. The Morgan fingerprint density at radius 1 is 1.10 bits per heavy atom. The van der Waals surface area contributed by atoms with Crippen LogP contribution in [0.1, 0.15) is 48.5 Å². The summed E-state index contributed by atoms with van der Waals surface area (Å²) in [5.74, 6) is -2.18. The van der Waals surface area contributed by atoms with Crippen LogP contribution in [0.2, 0.25) is 5.02 Å². The second-order valence-corrected chi connectivity index (χ2v) is 10.8. The first kappa shape index (κ1) is 30.2. The number of hydrogen-bond donors (Lipinski definition) is 4. The Morgan fingerprint density at radius 2 is 1.85 bits per heavy atom. The first-order valence-electron chi connectivity index (χ1n) is 13.4. The van der Waals surface area contributed by atoms with Crippen molar-refractivity contribution in [3.05, 3.63) is 82.6 Å². The van der Waals surface area contributed by atoms with Gasteiger partial charge in [0.2, 0.25) is 0 Å². The van der Waals surface area contributed by atoms with Gasteiger partial charge in [-0.05, 0) is 79.6 Å². The molecule has 1 heterocycles. The molecule has 2 amide bonds. The van der Waals surface area contributed by atoms with Gasteiger partial charge in [-0.25, -0.2) is 9.18 Å². The Bertz CT molecular complexity index is 1440. The monoisotopic (exact) mass is 582 g/mol. The number of aliphatic hydroxyl groups excluding tert-OH is 1. The van der Waals surface area contributed by atoms with Gasteiger partial charge < -0.3 is 25.6 Å². The van der Waals surface area contributed by atoms with Gasteiger partial charge in [-0.3, -0.25) is 9.59 Å². The zero-order chi connectivity index (χ0) is 29.6. The molecule has 0 saturated carbocycles. The second kappa shape index (κ2) is 13.2. The van der Waals surface area contributed by atoms with Crippen LogP contribution < -0.4 is 10.6 Å². The number of Topliss-reactive ketones (excluding diaryl/α,β-unsaturated/α-hetero) is 1. The minimum absolute atomic E-state index is 0.0113. The van der Waals surface area contributed by atoms with Crippen LogP contribution in [0, 0.1) is 11.2 Å². The first-order chi connectivity index (χ1) is 19.6. The normalized spacial score (nSPS) is 19.5. The number of halogens is 2. The molecule has 8 nitrogen and oxygen atoms in total. The lowest BCUT2D eigenvalue weighted by Crippen LogP contribution is -2.41. The number of rotatable bonds is 6. The quantitative estimate of drug-likeness (QED) is 0.261. The Balaban J connectivity index is 0.000000572. The molecule has 3 aromatic carbocycles. The fraction of sp³-hybridized carbons (Fsp3) is 0.323. The number of carboxylic acid groups (broad SMARTS) is 1. The molecule has 1 aliphatic heterocycles. The van der Waals surface area contributed by atoms with E-state index >= 15 is 0 Å². The molecule has 1 fully saturated rings. The molecule has 10 heteroatoms. The van der Waals surface area contributed by atoms with Crippen molar-refractivity contribution in [2.45, 2.75) is 45.1 Å². The van der Waals surface area contributed by atoms with E-state index in [1.54, 1.807) is 48.5 Å². The molecule has 4 N–H and O–H groups in total. The topological polar surface area (TPSA) is 125 Å². The number of aliphatic hydroxyl groups is 1. The van der Waals surface area contributed by atoms with Crippen molar-refractivity contribution < 1.29 is 33.7 Å².